The molecule has 1 aromatic carbocycles. The van der Waals surface area contributed by atoms with Crippen molar-refractivity contribution in [3.63, 3.8) is 0 Å². The number of hydrogen-bond donors (Lipinski definition) is 0. The number of piperazine rings is 1. The summed E-state index contributed by atoms with van der Waals surface area (Å²) in [7, 11) is 0. The number of benzene rings is 1. The fourth-order valence-corrected chi connectivity index (χ4v) is 2.24. The van der Waals surface area contributed by atoms with Gasteiger partial charge in [0.25, 0.3) is 0 Å². The molecule has 5 heteroatoms. The summed E-state index contributed by atoms with van der Waals surface area (Å²) in [5.41, 5.74) is 0.695. The Morgan fingerprint density at radius 3 is 2.24 bits per heavy atom. The van der Waals surface area contributed by atoms with Crippen molar-refractivity contribution in [3.8, 4) is 0 Å². The number of carbonyl (C=O) groups excluding carboxylic acids is 1. The first-order valence-electron chi connectivity index (χ1n) is 7.27. The van der Waals surface area contributed by atoms with Gasteiger partial charge in [0.1, 0.15) is 12.4 Å². The van der Waals surface area contributed by atoms with Crippen LogP contribution in [0.25, 0.3) is 0 Å². The molecule has 0 N–H and O–H groups in total. The minimum Gasteiger partial charge on any atom is -0.368 e. The maximum absolute atomic E-state index is 12.9. The number of ether oxygens (including phenoxy) is 1. The van der Waals surface area contributed by atoms with Crippen LogP contribution < -0.4 is 4.90 Å². The van der Waals surface area contributed by atoms with Gasteiger partial charge in [-0.3, -0.25) is 4.79 Å². The Kier molecular flexibility index (Phi) is 4.83. The third kappa shape index (κ3) is 4.70. The largest absolute Gasteiger partial charge is 0.368 e. The number of amides is 1. The van der Waals surface area contributed by atoms with E-state index in [1.54, 1.807) is 12.1 Å². The Morgan fingerprint density at radius 2 is 1.71 bits per heavy atom. The van der Waals surface area contributed by atoms with Gasteiger partial charge >= 0.3 is 0 Å². The van der Waals surface area contributed by atoms with Crippen molar-refractivity contribution in [2.75, 3.05) is 37.7 Å². The molecule has 1 aliphatic rings. The van der Waals surface area contributed by atoms with Crippen molar-refractivity contribution < 1.29 is 13.9 Å². The Hall–Kier alpha value is -1.62. The zero-order valence-electron chi connectivity index (χ0n) is 12.9. The summed E-state index contributed by atoms with van der Waals surface area (Å²) in [6, 6.07) is 6.47. The molecule has 1 saturated heterocycles. The van der Waals surface area contributed by atoms with Gasteiger partial charge in [-0.25, -0.2) is 4.39 Å². The van der Waals surface area contributed by atoms with E-state index in [0.29, 0.717) is 13.1 Å². The van der Waals surface area contributed by atoms with Crippen LogP contribution in [0.3, 0.4) is 0 Å². The first-order chi connectivity index (χ1) is 9.85. The van der Waals surface area contributed by atoms with E-state index in [1.807, 2.05) is 25.7 Å². The molecule has 2 rings (SSSR count). The van der Waals surface area contributed by atoms with Crippen molar-refractivity contribution in [1.82, 2.24) is 4.90 Å². The fourth-order valence-electron chi connectivity index (χ4n) is 2.24. The van der Waals surface area contributed by atoms with Gasteiger partial charge in [-0.15, -0.1) is 0 Å². The highest BCUT2D eigenvalue weighted by atomic mass is 19.1. The number of rotatable bonds is 3. The van der Waals surface area contributed by atoms with Crippen molar-refractivity contribution in [2.24, 2.45) is 0 Å². The van der Waals surface area contributed by atoms with Crippen LogP contribution in [0, 0.1) is 5.82 Å². The highest BCUT2D eigenvalue weighted by Crippen LogP contribution is 2.17. The molecule has 4 nitrogen and oxygen atoms in total. The second-order valence-electron chi connectivity index (χ2n) is 6.25. The molecular formula is C16H23FN2O2. The molecule has 1 aromatic rings. The van der Waals surface area contributed by atoms with E-state index in [1.165, 1.54) is 12.1 Å². The topological polar surface area (TPSA) is 32.8 Å². The maximum Gasteiger partial charge on any atom is 0.248 e. The zero-order chi connectivity index (χ0) is 15.5. The SMILES string of the molecule is CC(C)(C)OCC(=O)N1CCN(c2ccc(F)cc2)CC1. The maximum atomic E-state index is 12.9. The van der Waals surface area contributed by atoms with Gasteiger partial charge in [-0.05, 0) is 45.0 Å². The predicted molar refractivity (Wildman–Crippen MR) is 80.9 cm³/mol. The monoisotopic (exact) mass is 294 g/mol. The standard InChI is InChI=1S/C16H23FN2O2/c1-16(2,3)21-12-15(20)19-10-8-18(9-11-19)14-6-4-13(17)5-7-14/h4-7H,8-12H2,1-3H3. The molecule has 0 spiro atoms. The van der Waals surface area contributed by atoms with Crippen LogP contribution in [0.4, 0.5) is 10.1 Å². The van der Waals surface area contributed by atoms with Crippen LogP contribution in [0.15, 0.2) is 24.3 Å². The number of anilines is 1. The average molecular weight is 294 g/mol. The van der Waals surface area contributed by atoms with E-state index in [0.717, 1.165) is 18.8 Å². The lowest BCUT2D eigenvalue weighted by Crippen LogP contribution is -2.50. The third-order valence-electron chi connectivity index (χ3n) is 3.45. The van der Waals surface area contributed by atoms with E-state index in [9.17, 15) is 9.18 Å². The van der Waals surface area contributed by atoms with Crippen molar-refractivity contribution >= 4 is 11.6 Å². The minimum absolute atomic E-state index is 0.0312. The van der Waals surface area contributed by atoms with Crippen LogP contribution in [0.1, 0.15) is 20.8 Å². The number of nitrogens with zero attached hydrogens (tertiary/aromatic N) is 2. The van der Waals surface area contributed by atoms with Crippen LogP contribution in [-0.4, -0.2) is 49.2 Å². The van der Waals surface area contributed by atoms with E-state index in [2.05, 4.69) is 4.90 Å². The van der Waals surface area contributed by atoms with Gasteiger partial charge in [0.15, 0.2) is 0 Å². The number of halogens is 1. The first kappa shape index (κ1) is 15.8. The lowest BCUT2D eigenvalue weighted by Gasteiger charge is -2.36. The highest BCUT2D eigenvalue weighted by Gasteiger charge is 2.22. The molecular weight excluding hydrogens is 271 g/mol. The summed E-state index contributed by atoms with van der Waals surface area (Å²) in [6.45, 7) is 8.79. The molecule has 0 unspecified atom stereocenters. The Morgan fingerprint density at radius 1 is 1.14 bits per heavy atom. The van der Waals surface area contributed by atoms with Gasteiger partial charge in [-0.1, -0.05) is 0 Å². The molecule has 0 aromatic heterocycles. The summed E-state index contributed by atoms with van der Waals surface area (Å²) >= 11 is 0. The van der Waals surface area contributed by atoms with Crippen LogP contribution in [0.5, 0.6) is 0 Å². The Balaban J connectivity index is 1.82. The summed E-state index contributed by atoms with van der Waals surface area (Å²) in [5, 5.41) is 0. The molecule has 1 heterocycles. The minimum atomic E-state index is -0.300. The predicted octanol–water partition coefficient (Wildman–Crippen LogP) is 2.29. The zero-order valence-corrected chi connectivity index (χ0v) is 12.9. The lowest BCUT2D eigenvalue weighted by atomic mass is 10.2. The molecule has 21 heavy (non-hydrogen) atoms. The fraction of sp³-hybridized carbons (Fsp3) is 0.562. The molecule has 0 atom stereocenters. The molecule has 116 valence electrons. The molecule has 1 amide bonds. The van der Waals surface area contributed by atoms with E-state index >= 15 is 0 Å². The normalized spacial score (nSPS) is 16.2. The third-order valence-corrected chi connectivity index (χ3v) is 3.45. The summed E-state index contributed by atoms with van der Waals surface area (Å²) < 4.78 is 18.4. The average Bonchev–Trinajstić information content (AvgIpc) is 2.45. The molecule has 1 fully saturated rings. The molecule has 1 aliphatic heterocycles. The number of hydrogen-bond acceptors (Lipinski definition) is 3. The van der Waals surface area contributed by atoms with Gasteiger partial charge in [0.2, 0.25) is 5.91 Å². The Labute approximate surface area is 125 Å². The number of carbonyl (C=O) groups is 1. The van der Waals surface area contributed by atoms with E-state index < -0.39 is 0 Å². The van der Waals surface area contributed by atoms with Gasteiger partial charge < -0.3 is 14.5 Å². The summed E-state index contributed by atoms with van der Waals surface area (Å²) in [6.07, 6.45) is 0. The van der Waals surface area contributed by atoms with Crippen LogP contribution in [0.2, 0.25) is 0 Å². The van der Waals surface area contributed by atoms with Gasteiger partial charge in [-0.2, -0.15) is 0 Å². The van der Waals surface area contributed by atoms with Crippen molar-refractivity contribution in [2.45, 2.75) is 26.4 Å². The second-order valence-corrected chi connectivity index (χ2v) is 6.25. The summed E-state index contributed by atoms with van der Waals surface area (Å²) in [4.78, 5) is 16.1. The lowest BCUT2D eigenvalue weighted by molar-refractivity contribution is -0.141. The van der Waals surface area contributed by atoms with Crippen LogP contribution in [-0.2, 0) is 9.53 Å². The van der Waals surface area contributed by atoms with Crippen LogP contribution >= 0.6 is 0 Å². The van der Waals surface area contributed by atoms with Gasteiger partial charge in [0.05, 0.1) is 5.60 Å². The molecule has 0 aliphatic carbocycles. The van der Waals surface area contributed by atoms with E-state index in [4.69, 9.17) is 4.74 Å². The van der Waals surface area contributed by atoms with Crippen molar-refractivity contribution in [1.29, 1.82) is 0 Å². The smallest absolute Gasteiger partial charge is 0.248 e. The molecule has 0 radical (unpaired) electrons. The Bertz CT molecular complexity index is 474. The van der Waals surface area contributed by atoms with Crippen molar-refractivity contribution in [3.05, 3.63) is 30.1 Å². The summed E-state index contributed by atoms with van der Waals surface area (Å²) in [5.74, 6) is -0.199. The van der Waals surface area contributed by atoms with Gasteiger partial charge in [0, 0.05) is 31.9 Å². The molecule has 0 bridgehead atoms. The highest BCUT2D eigenvalue weighted by molar-refractivity contribution is 5.77. The quantitative estimate of drug-likeness (QED) is 0.857. The molecule has 0 saturated carbocycles. The second kappa shape index (κ2) is 6.43. The first-order valence-corrected chi connectivity index (χ1v) is 7.27. The van der Waals surface area contributed by atoms with E-state index in [-0.39, 0.29) is 23.9 Å².